The van der Waals surface area contributed by atoms with Crippen LogP contribution >= 0.6 is 0 Å². The maximum absolute atomic E-state index is 13.1. The van der Waals surface area contributed by atoms with Crippen LogP contribution in [0.5, 0.6) is 5.75 Å². The molecule has 0 spiro atoms. The van der Waals surface area contributed by atoms with Gasteiger partial charge in [0.15, 0.2) is 0 Å². The minimum Gasteiger partial charge on any atom is -0.493 e. The molecule has 0 aliphatic heterocycles. The van der Waals surface area contributed by atoms with Crippen molar-refractivity contribution in [2.75, 3.05) is 19.8 Å². The molecule has 0 aromatic heterocycles. The van der Waals surface area contributed by atoms with E-state index in [9.17, 15) is 17.6 Å². The van der Waals surface area contributed by atoms with Gasteiger partial charge in [0.25, 0.3) is 0 Å². The number of benzene rings is 1. The van der Waals surface area contributed by atoms with Gasteiger partial charge in [-0.1, -0.05) is 0 Å². The van der Waals surface area contributed by atoms with Crippen molar-refractivity contribution in [2.24, 2.45) is 5.73 Å². The first-order valence-corrected chi connectivity index (χ1v) is 5.67. The van der Waals surface area contributed by atoms with Crippen LogP contribution < -0.4 is 10.5 Å². The number of halogens is 4. The standard InChI is InChI=1S/C12H15F4NO2/c13-10-4-9(7-17)5-11(6-10)19-3-1-2-18-8-12(14,15)16/h4-6H,1-3,7-8,17H2. The summed E-state index contributed by atoms with van der Waals surface area (Å²) in [4.78, 5) is 0. The Bertz CT molecular complexity index is 396. The van der Waals surface area contributed by atoms with E-state index in [2.05, 4.69) is 4.74 Å². The Hall–Kier alpha value is -1.34. The molecule has 3 nitrogen and oxygen atoms in total. The predicted octanol–water partition coefficient (Wildman–Crippen LogP) is 2.63. The summed E-state index contributed by atoms with van der Waals surface area (Å²) in [6.45, 7) is -1.02. The number of alkyl halides is 3. The van der Waals surface area contributed by atoms with Gasteiger partial charge in [0.1, 0.15) is 18.2 Å². The van der Waals surface area contributed by atoms with E-state index in [1.165, 1.54) is 12.1 Å². The zero-order chi connectivity index (χ0) is 14.3. The van der Waals surface area contributed by atoms with Crippen molar-refractivity contribution in [3.05, 3.63) is 29.6 Å². The Labute approximate surface area is 108 Å². The van der Waals surface area contributed by atoms with E-state index < -0.39 is 18.6 Å². The third kappa shape index (κ3) is 6.97. The van der Waals surface area contributed by atoms with E-state index in [0.717, 1.165) is 0 Å². The molecule has 0 bridgehead atoms. The summed E-state index contributed by atoms with van der Waals surface area (Å²) in [6, 6.07) is 4.06. The molecule has 0 unspecified atom stereocenters. The molecule has 0 heterocycles. The Morgan fingerprint density at radius 3 is 2.47 bits per heavy atom. The minimum absolute atomic E-state index is 0.0709. The number of ether oxygens (including phenoxy) is 2. The van der Waals surface area contributed by atoms with Gasteiger partial charge < -0.3 is 15.2 Å². The first-order chi connectivity index (χ1) is 8.90. The second-order valence-corrected chi connectivity index (χ2v) is 3.87. The Morgan fingerprint density at radius 2 is 1.84 bits per heavy atom. The van der Waals surface area contributed by atoms with Crippen molar-refractivity contribution < 1.29 is 27.0 Å². The number of rotatable bonds is 7. The molecule has 1 aromatic rings. The summed E-state index contributed by atoms with van der Waals surface area (Å²) >= 11 is 0. The molecule has 1 rings (SSSR count). The van der Waals surface area contributed by atoms with Crippen molar-refractivity contribution >= 4 is 0 Å². The van der Waals surface area contributed by atoms with Crippen molar-refractivity contribution in [1.82, 2.24) is 0 Å². The van der Waals surface area contributed by atoms with Crippen LogP contribution in [0, 0.1) is 5.82 Å². The number of hydrogen-bond acceptors (Lipinski definition) is 3. The highest BCUT2D eigenvalue weighted by molar-refractivity contribution is 5.29. The molecule has 0 saturated carbocycles. The summed E-state index contributed by atoms with van der Waals surface area (Å²) in [6.07, 6.45) is -4.04. The number of nitrogens with two attached hydrogens (primary N) is 1. The fourth-order valence-electron chi connectivity index (χ4n) is 1.36. The molecular weight excluding hydrogens is 266 g/mol. The highest BCUT2D eigenvalue weighted by Crippen LogP contribution is 2.17. The highest BCUT2D eigenvalue weighted by Gasteiger charge is 2.27. The molecule has 0 atom stereocenters. The Kier molecular flexibility index (Phi) is 6.04. The summed E-state index contributed by atoms with van der Waals surface area (Å²) in [7, 11) is 0. The SMILES string of the molecule is NCc1cc(F)cc(OCCCOCC(F)(F)F)c1. The molecule has 0 aliphatic carbocycles. The molecule has 108 valence electrons. The first kappa shape index (κ1) is 15.7. The molecule has 0 radical (unpaired) electrons. The summed E-state index contributed by atoms with van der Waals surface area (Å²) in [5.41, 5.74) is 5.96. The van der Waals surface area contributed by atoms with Crippen LogP contribution in [0.1, 0.15) is 12.0 Å². The third-order valence-corrected chi connectivity index (χ3v) is 2.13. The van der Waals surface area contributed by atoms with Crippen LogP contribution in [0.25, 0.3) is 0 Å². The van der Waals surface area contributed by atoms with Gasteiger partial charge in [-0.15, -0.1) is 0 Å². The second kappa shape index (κ2) is 7.30. The lowest BCUT2D eigenvalue weighted by Gasteiger charge is -2.09. The van der Waals surface area contributed by atoms with Crippen molar-refractivity contribution in [3.63, 3.8) is 0 Å². The summed E-state index contributed by atoms with van der Waals surface area (Å²) in [5.74, 6) is -0.164. The zero-order valence-corrected chi connectivity index (χ0v) is 10.2. The van der Waals surface area contributed by atoms with Gasteiger partial charge in [-0.25, -0.2) is 4.39 Å². The van der Waals surface area contributed by atoms with Crippen molar-refractivity contribution in [1.29, 1.82) is 0 Å². The monoisotopic (exact) mass is 281 g/mol. The lowest BCUT2D eigenvalue weighted by Crippen LogP contribution is -2.18. The molecule has 0 fully saturated rings. The highest BCUT2D eigenvalue weighted by atomic mass is 19.4. The molecule has 0 aliphatic rings. The van der Waals surface area contributed by atoms with E-state index in [1.54, 1.807) is 6.07 Å². The maximum atomic E-state index is 13.1. The topological polar surface area (TPSA) is 44.5 Å². The van der Waals surface area contributed by atoms with E-state index in [-0.39, 0.29) is 26.2 Å². The van der Waals surface area contributed by atoms with E-state index in [4.69, 9.17) is 10.5 Å². The van der Waals surface area contributed by atoms with E-state index in [1.807, 2.05) is 0 Å². The average Bonchev–Trinajstić information content (AvgIpc) is 2.31. The molecule has 19 heavy (non-hydrogen) atoms. The largest absolute Gasteiger partial charge is 0.493 e. The summed E-state index contributed by atoms with van der Waals surface area (Å²) in [5, 5.41) is 0. The van der Waals surface area contributed by atoms with E-state index >= 15 is 0 Å². The summed E-state index contributed by atoms with van der Waals surface area (Å²) < 4.78 is 57.9. The van der Waals surface area contributed by atoms with E-state index in [0.29, 0.717) is 11.3 Å². The van der Waals surface area contributed by atoms with Crippen LogP contribution in [0.15, 0.2) is 18.2 Å². The lowest BCUT2D eigenvalue weighted by atomic mass is 10.2. The third-order valence-electron chi connectivity index (χ3n) is 2.13. The van der Waals surface area contributed by atoms with Gasteiger partial charge in [0, 0.05) is 19.0 Å². The maximum Gasteiger partial charge on any atom is 0.411 e. The Morgan fingerprint density at radius 1 is 1.11 bits per heavy atom. The van der Waals surface area contributed by atoms with Gasteiger partial charge in [0.2, 0.25) is 0 Å². The van der Waals surface area contributed by atoms with Gasteiger partial charge in [-0.2, -0.15) is 13.2 Å². The normalized spacial score (nSPS) is 11.6. The molecular formula is C12H15F4NO2. The van der Waals surface area contributed by atoms with Crippen LogP contribution in [0.3, 0.4) is 0 Å². The lowest BCUT2D eigenvalue weighted by molar-refractivity contribution is -0.174. The number of hydrogen-bond donors (Lipinski definition) is 1. The van der Waals surface area contributed by atoms with Crippen LogP contribution in [0.2, 0.25) is 0 Å². The van der Waals surface area contributed by atoms with Gasteiger partial charge in [0.05, 0.1) is 13.2 Å². The second-order valence-electron chi connectivity index (χ2n) is 3.87. The van der Waals surface area contributed by atoms with Crippen LogP contribution in [-0.2, 0) is 11.3 Å². The van der Waals surface area contributed by atoms with Crippen LogP contribution in [0.4, 0.5) is 17.6 Å². The van der Waals surface area contributed by atoms with Gasteiger partial charge in [-0.05, 0) is 17.7 Å². The average molecular weight is 281 g/mol. The van der Waals surface area contributed by atoms with Gasteiger partial charge in [-0.3, -0.25) is 0 Å². The molecule has 0 saturated heterocycles. The first-order valence-electron chi connectivity index (χ1n) is 5.67. The quantitative estimate of drug-likeness (QED) is 0.617. The molecule has 2 N–H and O–H groups in total. The predicted molar refractivity (Wildman–Crippen MR) is 61.3 cm³/mol. The Balaban J connectivity index is 2.24. The molecule has 7 heteroatoms. The smallest absolute Gasteiger partial charge is 0.411 e. The molecule has 1 aromatic carbocycles. The van der Waals surface area contributed by atoms with Crippen molar-refractivity contribution in [2.45, 2.75) is 19.1 Å². The van der Waals surface area contributed by atoms with Gasteiger partial charge >= 0.3 is 6.18 Å². The van der Waals surface area contributed by atoms with Crippen molar-refractivity contribution in [3.8, 4) is 5.75 Å². The molecule has 0 amide bonds. The fraction of sp³-hybridized carbons (Fsp3) is 0.500. The minimum atomic E-state index is -4.32. The van der Waals surface area contributed by atoms with Crippen LogP contribution in [-0.4, -0.2) is 26.0 Å². The zero-order valence-electron chi connectivity index (χ0n) is 10.2. The fourth-order valence-corrected chi connectivity index (χ4v) is 1.36.